The lowest BCUT2D eigenvalue weighted by molar-refractivity contribution is -0.384. The molecule has 2 amide bonds. The zero-order chi connectivity index (χ0) is 28.8. The molecule has 41 heavy (non-hydrogen) atoms. The van der Waals surface area contributed by atoms with Crippen LogP contribution in [0.25, 0.3) is 0 Å². The Morgan fingerprint density at radius 3 is 2.24 bits per heavy atom. The number of thioether (sulfide) groups is 1. The van der Waals surface area contributed by atoms with Crippen molar-refractivity contribution in [3.8, 4) is 5.75 Å². The Bertz CT molecular complexity index is 1450. The smallest absolute Gasteiger partial charge is 0.337 e. The first-order valence-corrected chi connectivity index (χ1v) is 13.6. The predicted molar refractivity (Wildman–Crippen MR) is 148 cm³/mol. The van der Waals surface area contributed by atoms with Gasteiger partial charge in [-0.1, -0.05) is 48.5 Å². The van der Waals surface area contributed by atoms with Gasteiger partial charge < -0.3 is 24.4 Å². The normalized spacial score (nSPS) is 19.2. The molecule has 1 unspecified atom stereocenters. The summed E-state index contributed by atoms with van der Waals surface area (Å²) in [4.78, 5) is 50.8. The molecule has 0 saturated carbocycles. The van der Waals surface area contributed by atoms with Crippen molar-refractivity contribution in [2.45, 2.75) is 30.7 Å². The average Bonchev–Trinajstić information content (AvgIpc) is 3.01. The van der Waals surface area contributed by atoms with E-state index in [9.17, 15) is 24.5 Å². The van der Waals surface area contributed by atoms with Crippen LogP contribution < -0.4 is 10.1 Å². The van der Waals surface area contributed by atoms with Crippen molar-refractivity contribution in [3.05, 3.63) is 117 Å². The molecule has 0 radical (unpaired) electrons. The number of fused-ring (bicyclic) bond motifs is 1. The zero-order valence-electron chi connectivity index (χ0n) is 21.6. The summed E-state index contributed by atoms with van der Waals surface area (Å²) >= 11 is 1.26. The van der Waals surface area contributed by atoms with Gasteiger partial charge >= 0.3 is 5.97 Å². The number of nitro benzene ring substituents is 1. The zero-order valence-corrected chi connectivity index (χ0v) is 22.4. The molecule has 1 fully saturated rings. The van der Waals surface area contributed by atoms with Gasteiger partial charge in [-0.25, -0.2) is 4.79 Å². The largest absolute Gasteiger partial charge is 0.490 e. The first kappa shape index (κ1) is 27.7. The van der Waals surface area contributed by atoms with Crippen molar-refractivity contribution >= 4 is 35.2 Å². The van der Waals surface area contributed by atoms with Crippen LogP contribution in [0.4, 0.5) is 5.69 Å². The number of nitrogens with zero attached hydrogens (tertiary/aromatic N) is 2. The van der Waals surface area contributed by atoms with Crippen LogP contribution in [-0.4, -0.2) is 51.7 Å². The Morgan fingerprint density at radius 1 is 0.902 bits per heavy atom. The van der Waals surface area contributed by atoms with Gasteiger partial charge in [0, 0.05) is 17.5 Å². The fraction of sp³-hybridized carbons (Fsp3) is 0.207. The van der Waals surface area contributed by atoms with Gasteiger partial charge in [-0.3, -0.25) is 19.7 Å². The quantitative estimate of drug-likeness (QED) is 0.157. The Labute approximate surface area is 239 Å². The van der Waals surface area contributed by atoms with Crippen LogP contribution in [0, 0.1) is 10.1 Å². The Morgan fingerprint density at radius 2 is 1.56 bits per heavy atom. The van der Waals surface area contributed by atoms with Crippen LogP contribution in [0.1, 0.15) is 11.1 Å². The van der Waals surface area contributed by atoms with E-state index in [1.54, 1.807) is 29.7 Å². The van der Waals surface area contributed by atoms with E-state index in [-0.39, 0.29) is 31.3 Å². The van der Waals surface area contributed by atoms with Crippen molar-refractivity contribution in [2.75, 3.05) is 6.61 Å². The molecule has 2 heterocycles. The van der Waals surface area contributed by atoms with Gasteiger partial charge in [-0.05, 0) is 35.4 Å². The van der Waals surface area contributed by atoms with E-state index in [2.05, 4.69) is 5.32 Å². The SMILES string of the molecule is O=C(COc1ccccc1)N[C@@H]1C(=O)N2C(C(=O)OCc3ccc([N+](=O)[O-])cc3)C(OCc3ccccc3)=CS[C@@H]12. The molecular formula is C29H25N3O8S. The Kier molecular flexibility index (Phi) is 8.49. The molecule has 12 heteroatoms. The van der Waals surface area contributed by atoms with Gasteiger partial charge in [0.15, 0.2) is 12.6 Å². The molecule has 5 rings (SSSR count). The molecule has 11 nitrogen and oxygen atoms in total. The first-order valence-electron chi connectivity index (χ1n) is 12.6. The van der Waals surface area contributed by atoms with Crippen molar-refractivity contribution in [1.29, 1.82) is 0 Å². The number of rotatable bonds is 11. The highest BCUT2D eigenvalue weighted by molar-refractivity contribution is 8.02. The van der Waals surface area contributed by atoms with Crippen LogP contribution in [-0.2, 0) is 37.1 Å². The van der Waals surface area contributed by atoms with Crippen molar-refractivity contribution in [2.24, 2.45) is 0 Å². The summed E-state index contributed by atoms with van der Waals surface area (Å²) in [6.45, 7) is -0.258. The molecule has 3 aromatic carbocycles. The summed E-state index contributed by atoms with van der Waals surface area (Å²) in [6.07, 6.45) is 0. The molecule has 3 aromatic rings. The van der Waals surface area contributed by atoms with Gasteiger partial charge in [-0.2, -0.15) is 0 Å². The van der Waals surface area contributed by atoms with E-state index < -0.39 is 40.2 Å². The molecule has 0 bridgehead atoms. The molecule has 210 valence electrons. The summed E-state index contributed by atoms with van der Waals surface area (Å²) in [6, 6.07) is 21.8. The minimum Gasteiger partial charge on any atom is -0.490 e. The number of hydrogen-bond acceptors (Lipinski definition) is 9. The number of hydrogen-bond donors (Lipinski definition) is 1. The van der Waals surface area contributed by atoms with E-state index in [4.69, 9.17) is 14.2 Å². The van der Waals surface area contributed by atoms with Crippen LogP contribution in [0.15, 0.2) is 96.1 Å². The van der Waals surface area contributed by atoms with Crippen LogP contribution in [0.5, 0.6) is 5.75 Å². The molecule has 0 aromatic heterocycles. The van der Waals surface area contributed by atoms with E-state index >= 15 is 0 Å². The van der Waals surface area contributed by atoms with Gasteiger partial charge in [0.05, 0.1) is 4.92 Å². The lowest BCUT2D eigenvalue weighted by Gasteiger charge is -2.51. The highest BCUT2D eigenvalue weighted by Gasteiger charge is 2.57. The summed E-state index contributed by atoms with van der Waals surface area (Å²) in [7, 11) is 0. The number of non-ortho nitro benzene ring substituents is 1. The topological polar surface area (TPSA) is 137 Å². The van der Waals surface area contributed by atoms with Gasteiger partial charge in [0.2, 0.25) is 5.91 Å². The molecule has 3 atom stereocenters. The van der Waals surface area contributed by atoms with E-state index in [0.29, 0.717) is 11.3 Å². The minimum atomic E-state index is -1.16. The minimum absolute atomic E-state index is 0.0832. The standard InChI is InChI=1S/C29H25N3O8S/c33-24(17-38-22-9-5-2-6-10-22)30-25-27(34)31-26(29(35)40-16-20-11-13-21(14-12-20)32(36)37)23(18-41-28(25)31)39-15-19-7-3-1-4-8-19/h1-14,18,25-26,28H,15-17H2,(H,30,33)/t25-,26?,28+/m1/s1. The fourth-order valence-electron chi connectivity index (χ4n) is 4.29. The number of ether oxygens (including phenoxy) is 3. The maximum atomic E-state index is 13.3. The lowest BCUT2D eigenvalue weighted by Crippen LogP contribution is -2.74. The third-order valence-corrected chi connectivity index (χ3v) is 7.53. The third kappa shape index (κ3) is 6.49. The second-order valence-electron chi connectivity index (χ2n) is 9.15. The van der Waals surface area contributed by atoms with E-state index in [1.807, 2.05) is 36.4 Å². The van der Waals surface area contributed by atoms with Crippen LogP contribution in [0.3, 0.4) is 0 Å². The van der Waals surface area contributed by atoms with E-state index in [0.717, 1.165) is 5.56 Å². The number of carbonyl (C=O) groups is 3. The van der Waals surface area contributed by atoms with Gasteiger partial charge in [0.25, 0.3) is 11.6 Å². The molecule has 2 aliphatic rings. The Balaban J connectivity index is 1.26. The summed E-state index contributed by atoms with van der Waals surface area (Å²) in [5, 5.41) is 14.7. The first-order chi connectivity index (χ1) is 19.9. The number of nitrogens with one attached hydrogen (secondary N) is 1. The summed E-state index contributed by atoms with van der Waals surface area (Å²) in [5.41, 5.74) is 1.33. The lowest BCUT2D eigenvalue weighted by atomic mass is 10.0. The molecule has 1 N–H and O–H groups in total. The van der Waals surface area contributed by atoms with E-state index in [1.165, 1.54) is 40.9 Å². The van der Waals surface area contributed by atoms with Gasteiger partial charge in [0.1, 0.15) is 36.1 Å². The highest BCUT2D eigenvalue weighted by atomic mass is 32.2. The van der Waals surface area contributed by atoms with Crippen LogP contribution >= 0.6 is 11.8 Å². The number of nitro groups is 1. The van der Waals surface area contributed by atoms with Crippen molar-refractivity contribution < 1.29 is 33.5 Å². The maximum Gasteiger partial charge on any atom is 0.337 e. The molecule has 1 saturated heterocycles. The second kappa shape index (κ2) is 12.6. The second-order valence-corrected chi connectivity index (χ2v) is 10.1. The Hall–Kier alpha value is -4.84. The predicted octanol–water partition coefficient (Wildman–Crippen LogP) is 3.54. The fourth-order valence-corrected chi connectivity index (χ4v) is 5.46. The highest BCUT2D eigenvalue weighted by Crippen LogP contribution is 2.41. The number of carbonyl (C=O) groups excluding carboxylic acids is 3. The number of β-lactam (4-membered cyclic amide) rings is 1. The van der Waals surface area contributed by atoms with Crippen LogP contribution in [0.2, 0.25) is 0 Å². The molecule has 0 aliphatic carbocycles. The summed E-state index contributed by atoms with van der Waals surface area (Å²) in [5.74, 6) is -0.885. The molecule has 0 spiro atoms. The number of esters is 1. The monoisotopic (exact) mass is 575 g/mol. The number of benzene rings is 3. The molecule has 2 aliphatic heterocycles. The average molecular weight is 576 g/mol. The van der Waals surface area contributed by atoms with Crippen molar-refractivity contribution in [1.82, 2.24) is 10.2 Å². The summed E-state index contributed by atoms with van der Waals surface area (Å²) < 4.78 is 16.9. The van der Waals surface area contributed by atoms with Gasteiger partial charge in [-0.15, -0.1) is 11.8 Å². The molecular weight excluding hydrogens is 550 g/mol. The number of para-hydroxylation sites is 1. The third-order valence-electron chi connectivity index (χ3n) is 6.38. The number of amides is 2. The van der Waals surface area contributed by atoms with Crippen molar-refractivity contribution in [3.63, 3.8) is 0 Å². The maximum absolute atomic E-state index is 13.3.